The first kappa shape index (κ1) is 7.31. The highest BCUT2D eigenvalue weighted by Gasteiger charge is 2.37. The van der Waals surface area contributed by atoms with Gasteiger partial charge in [-0.15, -0.1) is 0 Å². The van der Waals surface area contributed by atoms with Crippen LogP contribution in [0, 0.1) is 0 Å². The summed E-state index contributed by atoms with van der Waals surface area (Å²) in [5.74, 6) is 0.0844. The Hall–Kier alpha value is -0.350. The predicted octanol–water partition coefficient (Wildman–Crippen LogP) is 1.68. The zero-order chi connectivity index (χ0) is 7.84. The highest BCUT2D eigenvalue weighted by atomic mass is 79.9. The van der Waals surface area contributed by atoms with E-state index in [1.54, 1.807) is 11.3 Å². The Labute approximate surface area is 76.7 Å². The zero-order valence-electron chi connectivity index (χ0n) is 5.58. The van der Waals surface area contributed by atoms with Gasteiger partial charge in [-0.1, -0.05) is 15.9 Å². The molecule has 2 atom stereocenters. The molecule has 0 saturated carbocycles. The van der Waals surface area contributed by atoms with Gasteiger partial charge < -0.3 is 5.32 Å². The summed E-state index contributed by atoms with van der Waals surface area (Å²) >= 11 is 4.95. The second-order valence-electron chi connectivity index (χ2n) is 2.44. The van der Waals surface area contributed by atoms with Crippen molar-refractivity contribution in [2.75, 3.05) is 0 Å². The molecule has 1 saturated heterocycles. The number of thiophene rings is 1. The van der Waals surface area contributed by atoms with Crippen LogP contribution in [0.25, 0.3) is 0 Å². The molecule has 1 aromatic heterocycles. The molecular weight excluding hydrogens is 226 g/mol. The molecule has 58 valence electrons. The van der Waals surface area contributed by atoms with Crippen LogP contribution in [0.15, 0.2) is 16.8 Å². The molecular formula is C7H6BrNOS. The van der Waals surface area contributed by atoms with E-state index >= 15 is 0 Å². The second-order valence-corrected chi connectivity index (χ2v) is 4.21. The van der Waals surface area contributed by atoms with E-state index < -0.39 is 0 Å². The van der Waals surface area contributed by atoms with Gasteiger partial charge in [-0.2, -0.15) is 11.3 Å². The van der Waals surface area contributed by atoms with Crippen LogP contribution < -0.4 is 5.32 Å². The zero-order valence-corrected chi connectivity index (χ0v) is 7.98. The van der Waals surface area contributed by atoms with Crippen molar-refractivity contribution in [2.24, 2.45) is 0 Å². The monoisotopic (exact) mass is 231 g/mol. The summed E-state index contributed by atoms with van der Waals surface area (Å²) in [6, 6.07) is 2.22. The first-order valence-corrected chi connectivity index (χ1v) is 5.11. The van der Waals surface area contributed by atoms with E-state index in [2.05, 4.69) is 26.6 Å². The third kappa shape index (κ3) is 1.10. The van der Waals surface area contributed by atoms with Crippen LogP contribution >= 0.6 is 27.3 Å². The van der Waals surface area contributed by atoms with Gasteiger partial charge in [-0.3, -0.25) is 4.79 Å². The van der Waals surface area contributed by atoms with E-state index in [1.807, 2.05) is 11.4 Å². The Morgan fingerprint density at radius 1 is 1.64 bits per heavy atom. The van der Waals surface area contributed by atoms with E-state index in [9.17, 15) is 4.79 Å². The smallest absolute Gasteiger partial charge is 0.236 e. The summed E-state index contributed by atoms with van der Waals surface area (Å²) in [6.07, 6.45) is 0. The lowest BCUT2D eigenvalue weighted by atomic mass is 10.0. The molecule has 0 aliphatic carbocycles. The van der Waals surface area contributed by atoms with Crippen LogP contribution in [0.5, 0.6) is 0 Å². The second kappa shape index (κ2) is 2.60. The summed E-state index contributed by atoms with van der Waals surface area (Å²) in [4.78, 5) is 10.8. The molecule has 2 nitrogen and oxygen atoms in total. The summed E-state index contributed by atoms with van der Waals surface area (Å²) < 4.78 is 0. The summed E-state index contributed by atoms with van der Waals surface area (Å²) in [7, 11) is 0. The topological polar surface area (TPSA) is 29.1 Å². The van der Waals surface area contributed by atoms with E-state index in [4.69, 9.17) is 0 Å². The average Bonchev–Trinajstić information content (AvgIpc) is 2.51. The van der Waals surface area contributed by atoms with Crippen molar-refractivity contribution in [2.45, 2.75) is 10.9 Å². The maximum atomic E-state index is 10.8. The van der Waals surface area contributed by atoms with Crippen LogP contribution in [0.1, 0.15) is 11.6 Å². The number of β-lactam (4-membered cyclic amide) rings is 1. The van der Waals surface area contributed by atoms with Crippen molar-refractivity contribution in [3.8, 4) is 0 Å². The van der Waals surface area contributed by atoms with Crippen molar-refractivity contribution in [1.29, 1.82) is 0 Å². The van der Waals surface area contributed by atoms with Gasteiger partial charge in [0, 0.05) is 0 Å². The molecule has 2 heterocycles. The predicted molar refractivity (Wildman–Crippen MR) is 47.9 cm³/mol. The lowest BCUT2D eigenvalue weighted by Gasteiger charge is -2.32. The highest BCUT2D eigenvalue weighted by Crippen LogP contribution is 2.31. The van der Waals surface area contributed by atoms with E-state index in [1.165, 1.54) is 5.56 Å². The van der Waals surface area contributed by atoms with Gasteiger partial charge in [0.05, 0.1) is 6.04 Å². The fraction of sp³-hybridized carbons (Fsp3) is 0.286. The van der Waals surface area contributed by atoms with Crippen molar-refractivity contribution in [3.05, 3.63) is 22.4 Å². The third-order valence-corrected chi connectivity index (χ3v) is 3.39. The first-order chi connectivity index (χ1) is 5.29. The lowest BCUT2D eigenvalue weighted by molar-refractivity contribution is -0.127. The molecule has 0 unspecified atom stereocenters. The molecule has 0 spiro atoms. The van der Waals surface area contributed by atoms with Crippen LogP contribution in [-0.4, -0.2) is 10.7 Å². The summed E-state index contributed by atoms with van der Waals surface area (Å²) in [5.41, 5.74) is 1.19. The molecule has 1 aliphatic rings. The normalized spacial score (nSPS) is 29.4. The number of hydrogen-bond donors (Lipinski definition) is 1. The molecule has 1 aliphatic heterocycles. The van der Waals surface area contributed by atoms with E-state index in [0.717, 1.165) is 0 Å². The molecule has 0 bridgehead atoms. The van der Waals surface area contributed by atoms with Crippen molar-refractivity contribution >= 4 is 33.2 Å². The molecule has 4 heteroatoms. The maximum Gasteiger partial charge on any atom is 0.236 e. The van der Waals surface area contributed by atoms with Crippen LogP contribution in [0.4, 0.5) is 0 Å². The van der Waals surface area contributed by atoms with Crippen LogP contribution in [0.3, 0.4) is 0 Å². The SMILES string of the molecule is O=C1N[C@H](c2ccsc2)[C@H]1Br. The molecule has 11 heavy (non-hydrogen) atoms. The minimum atomic E-state index is -0.0305. The fourth-order valence-corrected chi connectivity index (χ4v) is 2.33. The van der Waals surface area contributed by atoms with Crippen molar-refractivity contribution in [3.63, 3.8) is 0 Å². The van der Waals surface area contributed by atoms with Crippen molar-refractivity contribution in [1.82, 2.24) is 5.32 Å². The standard InChI is InChI=1S/C7H6BrNOS/c8-5-6(9-7(5)10)4-1-2-11-3-4/h1-3,5-6H,(H,9,10)/t5-,6-/m1/s1. The number of carbonyl (C=O) groups excluding carboxylic acids is 1. The summed E-state index contributed by atoms with van der Waals surface area (Å²) in [6.45, 7) is 0. The molecule has 0 aromatic carbocycles. The largest absolute Gasteiger partial charge is 0.347 e. The van der Waals surface area contributed by atoms with Gasteiger partial charge in [-0.05, 0) is 22.4 Å². The Balaban J connectivity index is 2.15. The Morgan fingerprint density at radius 3 is 2.91 bits per heavy atom. The van der Waals surface area contributed by atoms with Crippen LogP contribution in [0.2, 0.25) is 0 Å². The van der Waals surface area contributed by atoms with Gasteiger partial charge in [0.15, 0.2) is 0 Å². The van der Waals surface area contributed by atoms with Crippen molar-refractivity contribution < 1.29 is 4.79 Å². The number of carbonyl (C=O) groups is 1. The Kier molecular flexibility index (Phi) is 1.73. The van der Waals surface area contributed by atoms with E-state index in [0.29, 0.717) is 0 Å². The number of hydrogen-bond acceptors (Lipinski definition) is 2. The molecule has 2 rings (SSSR count). The van der Waals surface area contributed by atoms with Gasteiger partial charge in [-0.25, -0.2) is 0 Å². The molecule has 0 radical (unpaired) electrons. The Morgan fingerprint density at radius 2 is 2.45 bits per heavy atom. The van der Waals surface area contributed by atoms with Gasteiger partial charge in [0.1, 0.15) is 4.83 Å². The highest BCUT2D eigenvalue weighted by molar-refractivity contribution is 9.10. The molecule has 1 fully saturated rings. The first-order valence-electron chi connectivity index (χ1n) is 3.25. The third-order valence-electron chi connectivity index (χ3n) is 1.74. The fourth-order valence-electron chi connectivity index (χ4n) is 1.07. The number of halogens is 1. The molecule has 1 N–H and O–H groups in total. The van der Waals surface area contributed by atoms with Gasteiger partial charge in [0.2, 0.25) is 5.91 Å². The van der Waals surface area contributed by atoms with Gasteiger partial charge >= 0.3 is 0 Å². The lowest BCUT2D eigenvalue weighted by Crippen LogP contribution is -2.52. The molecule has 1 aromatic rings. The number of nitrogens with one attached hydrogen (secondary N) is 1. The number of rotatable bonds is 1. The number of amides is 1. The molecule has 1 amide bonds. The minimum Gasteiger partial charge on any atom is -0.347 e. The van der Waals surface area contributed by atoms with Crippen LogP contribution in [-0.2, 0) is 4.79 Å². The Bertz CT molecular complexity index is 272. The number of alkyl halides is 1. The van der Waals surface area contributed by atoms with E-state index in [-0.39, 0.29) is 16.8 Å². The minimum absolute atomic E-state index is 0.0305. The maximum absolute atomic E-state index is 10.8. The quantitative estimate of drug-likeness (QED) is 0.579. The van der Waals surface area contributed by atoms with Gasteiger partial charge in [0.25, 0.3) is 0 Å². The average molecular weight is 232 g/mol. The summed E-state index contributed by atoms with van der Waals surface area (Å²) in [5, 5.41) is 6.88.